The van der Waals surface area contributed by atoms with Gasteiger partial charge in [0.25, 0.3) is 5.91 Å². The Bertz CT molecular complexity index is 822. The number of rotatable bonds is 5. The van der Waals surface area contributed by atoms with Crippen molar-refractivity contribution in [1.82, 2.24) is 9.88 Å². The van der Waals surface area contributed by atoms with Gasteiger partial charge in [-0.15, -0.1) is 0 Å². The summed E-state index contributed by atoms with van der Waals surface area (Å²) in [5, 5.41) is 13.5. The first kappa shape index (κ1) is 15.2. The van der Waals surface area contributed by atoms with Gasteiger partial charge in [-0.05, 0) is 36.6 Å². The molecule has 1 heterocycles. The monoisotopic (exact) mass is 308 g/mol. The van der Waals surface area contributed by atoms with Gasteiger partial charge in [-0.2, -0.15) is 0 Å². The highest BCUT2D eigenvalue weighted by atomic mass is 16.3. The third kappa shape index (κ3) is 3.21. The van der Waals surface area contributed by atoms with Crippen molar-refractivity contribution in [1.29, 1.82) is 0 Å². The zero-order valence-electron chi connectivity index (χ0n) is 13.1. The molecule has 2 aromatic carbocycles. The fourth-order valence-corrected chi connectivity index (χ4v) is 2.79. The fourth-order valence-electron chi connectivity index (χ4n) is 2.79. The van der Waals surface area contributed by atoms with Gasteiger partial charge in [-0.1, -0.05) is 36.4 Å². The van der Waals surface area contributed by atoms with E-state index in [0.29, 0.717) is 17.6 Å². The smallest absolute Gasteiger partial charge is 0.267 e. The Morgan fingerprint density at radius 3 is 2.65 bits per heavy atom. The third-order valence-electron chi connectivity index (χ3n) is 4.07. The zero-order chi connectivity index (χ0) is 16.2. The van der Waals surface area contributed by atoms with Gasteiger partial charge in [0.05, 0.1) is 5.52 Å². The summed E-state index contributed by atoms with van der Waals surface area (Å²) in [5.74, 6) is 0.0809. The van der Waals surface area contributed by atoms with Crippen LogP contribution in [0, 0.1) is 0 Å². The van der Waals surface area contributed by atoms with Crippen LogP contribution in [0.2, 0.25) is 0 Å². The van der Waals surface area contributed by atoms with Gasteiger partial charge in [0.2, 0.25) is 0 Å². The van der Waals surface area contributed by atoms with Crippen LogP contribution < -0.4 is 5.32 Å². The normalized spacial score (nSPS) is 10.8. The number of aryl methyl sites for hydroxylation is 2. The van der Waals surface area contributed by atoms with E-state index < -0.39 is 0 Å². The predicted octanol–water partition coefficient (Wildman–Crippen LogP) is 3.25. The molecule has 0 unspecified atom stereocenters. The number of aromatic hydroxyl groups is 1. The molecular formula is C19H20N2O2. The number of carbonyl (C=O) groups is 1. The Morgan fingerprint density at radius 2 is 1.91 bits per heavy atom. The predicted molar refractivity (Wildman–Crippen MR) is 91.7 cm³/mol. The molecule has 3 rings (SSSR count). The molecular weight excluding hydrogens is 288 g/mol. The lowest BCUT2D eigenvalue weighted by atomic mass is 10.1. The summed E-state index contributed by atoms with van der Waals surface area (Å²) >= 11 is 0. The summed E-state index contributed by atoms with van der Waals surface area (Å²) in [5.41, 5.74) is 2.68. The molecule has 0 bridgehead atoms. The van der Waals surface area contributed by atoms with Gasteiger partial charge in [0.15, 0.2) is 0 Å². The lowest BCUT2D eigenvalue weighted by Crippen LogP contribution is -2.26. The van der Waals surface area contributed by atoms with Crippen LogP contribution in [0.5, 0.6) is 5.75 Å². The second kappa shape index (κ2) is 6.57. The van der Waals surface area contributed by atoms with E-state index in [1.165, 1.54) is 5.56 Å². The highest BCUT2D eigenvalue weighted by molar-refractivity contribution is 6.00. The lowest BCUT2D eigenvalue weighted by molar-refractivity contribution is 0.0945. The Morgan fingerprint density at radius 1 is 1.13 bits per heavy atom. The van der Waals surface area contributed by atoms with Crippen LogP contribution >= 0.6 is 0 Å². The lowest BCUT2D eigenvalue weighted by Gasteiger charge is -2.06. The third-order valence-corrected chi connectivity index (χ3v) is 4.07. The van der Waals surface area contributed by atoms with E-state index in [0.717, 1.165) is 18.4 Å². The van der Waals surface area contributed by atoms with Crippen LogP contribution in [-0.2, 0) is 13.5 Å². The molecule has 2 N–H and O–H groups in total. The zero-order valence-corrected chi connectivity index (χ0v) is 13.1. The number of nitrogens with zero attached hydrogens (tertiary/aromatic N) is 1. The van der Waals surface area contributed by atoms with Crippen molar-refractivity contribution in [2.75, 3.05) is 6.54 Å². The first-order valence-electron chi connectivity index (χ1n) is 7.76. The maximum absolute atomic E-state index is 12.3. The highest BCUT2D eigenvalue weighted by Gasteiger charge is 2.14. The van der Waals surface area contributed by atoms with E-state index in [1.807, 2.05) is 35.9 Å². The van der Waals surface area contributed by atoms with Gasteiger partial charge >= 0.3 is 0 Å². The van der Waals surface area contributed by atoms with Crippen LogP contribution in [0.25, 0.3) is 10.9 Å². The van der Waals surface area contributed by atoms with Crippen molar-refractivity contribution in [2.45, 2.75) is 12.8 Å². The number of benzene rings is 2. The summed E-state index contributed by atoms with van der Waals surface area (Å²) in [7, 11) is 1.83. The first-order valence-corrected chi connectivity index (χ1v) is 7.76. The van der Waals surface area contributed by atoms with Crippen LogP contribution in [0.15, 0.2) is 54.6 Å². The van der Waals surface area contributed by atoms with E-state index in [9.17, 15) is 9.90 Å². The molecule has 118 valence electrons. The van der Waals surface area contributed by atoms with Crippen LogP contribution in [0.4, 0.5) is 0 Å². The molecule has 0 aliphatic rings. The molecule has 1 amide bonds. The molecule has 4 nitrogen and oxygen atoms in total. The van der Waals surface area contributed by atoms with Crippen molar-refractivity contribution < 1.29 is 9.90 Å². The minimum absolute atomic E-state index is 0.115. The van der Waals surface area contributed by atoms with E-state index in [-0.39, 0.29) is 11.7 Å². The van der Waals surface area contributed by atoms with Gasteiger partial charge in [0.1, 0.15) is 11.4 Å². The van der Waals surface area contributed by atoms with Crippen molar-refractivity contribution in [3.8, 4) is 5.75 Å². The van der Waals surface area contributed by atoms with E-state index in [1.54, 1.807) is 18.2 Å². The molecule has 4 heteroatoms. The standard InChI is InChI=1S/C19H20N2O2/c1-21-16-10-5-11-18(22)15(16)13-17(21)19(23)20-12-6-9-14-7-3-2-4-8-14/h2-5,7-8,10-11,13,22H,6,9,12H2,1H3,(H,20,23). The van der Waals surface area contributed by atoms with Gasteiger partial charge in [-0.3, -0.25) is 4.79 Å². The Kier molecular flexibility index (Phi) is 4.33. The summed E-state index contributed by atoms with van der Waals surface area (Å²) in [4.78, 5) is 12.3. The Labute approximate surface area is 135 Å². The average molecular weight is 308 g/mol. The van der Waals surface area contributed by atoms with Crippen molar-refractivity contribution in [3.05, 3.63) is 65.9 Å². The molecule has 23 heavy (non-hydrogen) atoms. The molecule has 0 aliphatic heterocycles. The maximum Gasteiger partial charge on any atom is 0.267 e. The van der Waals surface area contributed by atoms with E-state index >= 15 is 0 Å². The number of phenols is 1. The van der Waals surface area contributed by atoms with E-state index in [2.05, 4.69) is 17.4 Å². The number of hydrogen-bond acceptors (Lipinski definition) is 2. The van der Waals surface area contributed by atoms with Gasteiger partial charge < -0.3 is 15.0 Å². The molecule has 0 aliphatic carbocycles. The number of carbonyl (C=O) groups excluding carboxylic acids is 1. The second-order valence-corrected chi connectivity index (χ2v) is 5.64. The van der Waals surface area contributed by atoms with Crippen LogP contribution in [-0.4, -0.2) is 22.1 Å². The molecule has 0 fully saturated rings. The SMILES string of the molecule is Cn1c(C(=O)NCCCc2ccccc2)cc2c(O)cccc21. The largest absolute Gasteiger partial charge is 0.507 e. The second-order valence-electron chi connectivity index (χ2n) is 5.64. The number of fused-ring (bicyclic) bond motifs is 1. The topological polar surface area (TPSA) is 54.3 Å². The van der Waals surface area contributed by atoms with Crippen LogP contribution in [0.3, 0.4) is 0 Å². The van der Waals surface area contributed by atoms with Crippen molar-refractivity contribution >= 4 is 16.8 Å². The fraction of sp³-hybridized carbons (Fsp3) is 0.211. The number of phenolic OH excluding ortho intramolecular Hbond substituents is 1. The number of aromatic nitrogens is 1. The number of hydrogen-bond donors (Lipinski definition) is 2. The summed E-state index contributed by atoms with van der Waals surface area (Å²) < 4.78 is 1.81. The molecule has 0 radical (unpaired) electrons. The van der Waals surface area contributed by atoms with Crippen LogP contribution in [0.1, 0.15) is 22.5 Å². The molecule has 0 saturated heterocycles. The summed E-state index contributed by atoms with van der Waals surface area (Å²) in [6.07, 6.45) is 1.84. The van der Waals surface area contributed by atoms with Crippen molar-refractivity contribution in [2.24, 2.45) is 7.05 Å². The van der Waals surface area contributed by atoms with Gasteiger partial charge in [-0.25, -0.2) is 0 Å². The molecule has 0 saturated carbocycles. The van der Waals surface area contributed by atoms with Gasteiger partial charge in [0, 0.05) is 19.0 Å². The first-order chi connectivity index (χ1) is 11.2. The number of nitrogens with one attached hydrogen (secondary N) is 1. The maximum atomic E-state index is 12.3. The van der Waals surface area contributed by atoms with Crippen molar-refractivity contribution in [3.63, 3.8) is 0 Å². The number of amides is 1. The summed E-state index contributed by atoms with van der Waals surface area (Å²) in [6, 6.07) is 17.3. The molecule has 0 spiro atoms. The molecule has 3 aromatic rings. The minimum atomic E-state index is -0.115. The average Bonchev–Trinajstić information content (AvgIpc) is 2.91. The molecule has 1 aromatic heterocycles. The Balaban J connectivity index is 1.62. The minimum Gasteiger partial charge on any atom is -0.507 e. The summed E-state index contributed by atoms with van der Waals surface area (Å²) in [6.45, 7) is 0.626. The highest BCUT2D eigenvalue weighted by Crippen LogP contribution is 2.26. The quantitative estimate of drug-likeness (QED) is 0.711. The Hall–Kier alpha value is -2.75. The molecule has 0 atom stereocenters. The van der Waals surface area contributed by atoms with E-state index in [4.69, 9.17) is 0 Å².